The largest absolute Gasteiger partial charge is 0.396 e. The first-order chi connectivity index (χ1) is 6.24. The molecule has 0 aromatic rings. The Kier molecular flexibility index (Phi) is 4.19. The lowest BCUT2D eigenvalue weighted by molar-refractivity contribution is -0.0355. The van der Waals surface area contributed by atoms with Crippen LogP contribution in [0.3, 0.4) is 0 Å². The second-order valence-corrected chi connectivity index (χ2v) is 3.14. The molecule has 5 heteroatoms. The van der Waals surface area contributed by atoms with Crippen LogP contribution in [0.15, 0.2) is 0 Å². The number of aliphatic hydroxyl groups excluding tert-OH is 1. The molecule has 1 aliphatic heterocycles. The van der Waals surface area contributed by atoms with Crippen molar-refractivity contribution in [1.82, 2.24) is 0 Å². The van der Waals surface area contributed by atoms with Gasteiger partial charge in [0.1, 0.15) is 14.0 Å². The zero-order chi connectivity index (χ0) is 9.84. The van der Waals surface area contributed by atoms with Crippen LogP contribution in [0.5, 0.6) is 0 Å². The van der Waals surface area contributed by atoms with E-state index in [0.29, 0.717) is 6.61 Å². The highest BCUT2D eigenvalue weighted by molar-refractivity contribution is 6.11. The summed E-state index contributed by atoms with van der Waals surface area (Å²) in [6.07, 6.45) is -0.359. The molecule has 0 aliphatic carbocycles. The molecule has 1 aliphatic rings. The predicted octanol–water partition coefficient (Wildman–Crippen LogP) is -0.850. The van der Waals surface area contributed by atoms with E-state index < -0.39 is 6.00 Å². The van der Waals surface area contributed by atoms with E-state index in [1.165, 1.54) is 0 Å². The molecule has 1 heterocycles. The van der Waals surface area contributed by atoms with Crippen LogP contribution in [0.2, 0.25) is 0 Å². The van der Waals surface area contributed by atoms with Crippen molar-refractivity contribution < 1.29 is 19.3 Å². The fourth-order valence-electron chi connectivity index (χ4n) is 1.68. The normalized spacial score (nSPS) is 39.6. The van der Waals surface area contributed by atoms with E-state index in [-0.39, 0.29) is 24.7 Å². The van der Waals surface area contributed by atoms with Gasteiger partial charge in [0.05, 0.1) is 19.3 Å². The zero-order valence-corrected chi connectivity index (χ0v) is 7.97. The molecule has 0 aromatic heterocycles. The lowest BCUT2D eigenvalue weighted by atomic mass is 9.85. The van der Waals surface area contributed by atoms with E-state index >= 15 is 0 Å². The Balaban J connectivity index is 2.57. The maximum absolute atomic E-state index is 9.04. The summed E-state index contributed by atoms with van der Waals surface area (Å²) in [5, 5.41) is 9.04. The minimum atomic E-state index is -0.463. The van der Waals surface area contributed by atoms with Gasteiger partial charge in [0.15, 0.2) is 0 Å². The Morgan fingerprint density at radius 1 is 1.46 bits per heavy atom. The van der Waals surface area contributed by atoms with Gasteiger partial charge in [0.2, 0.25) is 0 Å². The number of ether oxygens (including phenoxy) is 3. The SMILES string of the molecule is [B][C@@H]1O[C@H](COC)C(OC)C1CO. The average Bonchev–Trinajstić information content (AvgIpc) is 2.41. The molecule has 4 nitrogen and oxygen atoms in total. The molecular weight excluding hydrogens is 171 g/mol. The molecule has 2 radical (unpaired) electrons. The highest BCUT2D eigenvalue weighted by atomic mass is 16.6. The quantitative estimate of drug-likeness (QED) is 0.581. The van der Waals surface area contributed by atoms with Crippen LogP contribution in [0.25, 0.3) is 0 Å². The van der Waals surface area contributed by atoms with Crippen LogP contribution in [-0.4, -0.2) is 58.6 Å². The van der Waals surface area contributed by atoms with Gasteiger partial charge in [0, 0.05) is 26.1 Å². The third-order valence-electron chi connectivity index (χ3n) is 2.36. The lowest BCUT2D eigenvalue weighted by Crippen LogP contribution is -2.34. The van der Waals surface area contributed by atoms with Crippen LogP contribution in [0.1, 0.15) is 0 Å². The molecule has 0 bridgehead atoms. The monoisotopic (exact) mass is 186 g/mol. The predicted molar refractivity (Wildman–Crippen MR) is 47.7 cm³/mol. The third-order valence-corrected chi connectivity index (χ3v) is 2.36. The summed E-state index contributed by atoms with van der Waals surface area (Å²) in [6.45, 7) is 0.405. The second-order valence-electron chi connectivity index (χ2n) is 3.14. The van der Waals surface area contributed by atoms with Crippen molar-refractivity contribution in [2.45, 2.75) is 18.2 Å². The summed E-state index contributed by atoms with van der Waals surface area (Å²) in [7, 11) is 8.83. The van der Waals surface area contributed by atoms with E-state index in [9.17, 15) is 0 Å². The van der Waals surface area contributed by atoms with Crippen molar-refractivity contribution in [2.24, 2.45) is 5.92 Å². The van der Waals surface area contributed by atoms with E-state index in [2.05, 4.69) is 0 Å². The average molecular weight is 186 g/mol. The first-order valence-corrected chi connectivity index (χ1v) is 4.28. The summed E-state index contributed by atoms with van der Waals surface area (Å²) in [5.74, 6) is -0.162. The molecule has 1 rings (SSSR count). The van der Waals surface area contributed by atoms with Crippen LogP contribution in [-0.2, 0) is 14.2 Å². The molecule has 4 atom stereocenters. The van der Waals surface area contributed by atoms with Gasteiger partial charge in [-0.05, 0) is 0 Å². The summed E-state index contributed by atoms with van der Waals surface area (Å²) in [6, 6.07) is -0.463. The van der Waals surface area contributed by atoms with Gasteiger partial charge in [-0.3, -0.25) is 0 Å². The standard InChI is InChI=1S/C8H15BO4/c1-11-4-6-7(12-2)5(3-10)8(9)13-6/h5-8,10H,3-4H2,1-2H3/t5?,6-,7?,8-/m1/s1. The molecule has 0 spiro atoms. The topological polar surface area (TPSA) is 47.9 Å². The van der Waals surface area contributed by atoms with Crippen molar-refractivity contribution in [3.63, 3.8) is 0 Å². The van der Waals surface area contributed by atoms with Crippen molar-refractivity contribution in [3.8, 4) is 0 Å². The first-order valence-electron chi connectivity index (χ1n) is 4.28. The number of rotatable bonds is 4. The maximum atomic E-state index is 9.04. The molecule has 13 heavy (non-hydrogen) atoms. The molecule has 1 saturated heterocycles. The van der Waals surface area contributed by atoms with Crippen molar-refractivity contribution >= 4 is 7.85 Å². The van der Waals surface area contributed by atoms with Gasteiger partial charge in [-0.15, -0.1) is 0 Å². The van der Waals surface area contributed by atoms with Gasteiger partial charge in [-0.1, -0.05) is 0 Å². The summed E-state index contributed by atoms with van der Waals surface area (Å²) in [4.78, 5) is 0. The summed E-state index contributed by atoms with van der Waals surface area (Å²) < 4.78 is 15.5. The third kappa shape index (κ3) is 2.23. The zero-order valence-electron chi connectivity index (χ0n) is 7.97. The first kappa shape index (κ1) is 11.0. The molecule has 1 N–H and O–H groups in total. The fourth-order valence-corrected chi connectivity index (χ4v) is 1.68. The van der Waals surface area contributed by atoms with Crippen LogP contribution in [0.4, 0.5) is 0 Å². The Bertz CT molecular complexity index is 155. The summed E-state index contributed by atoms with van der Waals surface area (Å²) in [5.41, 5.74) is 0. The molecule has 0 amide bonds. The maximum Gasteiger partial charge on any atom is 0.109 e. The van der Waals surface area contributed by atoms with Crippen molar-refractivity contribution in [2.75, 3.05) is 27.4 Å². The number of methoxy groups -OCH3 is 2. The van der Waals surface area contributed by atoms with Crippen LogP contribution >= 0.6 is 0 Å². The van der Waals surface area contributed by atoms with Gasteiger partial charge >= 0.3 is 0 Å². The smallest absolute Gasteiger partial charge is 0.109 e. The molecule has 74 valence electrons. The van der Waals surface area contributed by atoms with Crippen LogP contribution < -0.4 is 0 Å². The van der Waals surface area contributed by atoms with Crippen molar-refractivity contribution in [1.29, 1.82) is 0 Å². The van der Waals surface area contributed by atoms with Gasteiger partial charge in [-0.2, -0.15) is 0 Å². The van der Waals surface area contributed by atoms with E-state index in [1.807, 2.05) is 0 Å². The van der Waals surface area contributed by atoms with Gasteiger partial charge in [-0.25, -0.2) is 0 Å². The highest BCUT2D eigenvalue weighted by Gasteiger charge is 2.41. The minimum Gasteiger partial charge on any atom is -0.396 e. The second kappa shape index (κ2) is 4.95. The number of hydrogen-bond donors (Lipinski definition) is 1. The molecule has 2 unspecified atom stereocenters. The molecule has 0 saturated carbocycles. The molecule has 0 aromatic carbocycles. The Hall–Kier alpha value is -0.0951. The van der Waals surface area contributed by atoms with Gasteiger partial charge < -0.3 is 19.3 Å². The Morgan fingerprint density at radius 3 is 2.62 bits per heavy atom. The fraction of sp³-hybridized carbons (Fsp3) is 1.00. The van der Waals surface area contributed by atoms with E-state index in [4.69, 9.17) is 27.2 Å². The summed E-state index contributed by atoms with van der Waals surface area (Å²) >= 11 is 0. The lowest BCUT2D eigenvalue weighted by Gasteiger charge is -2.19. The van der Waals surface area contributed by atoms with E-state index in [0.717, 1.165) is 0 Å². The molecular formula is C8H15BO4. The highest BCUT2D eigenvalue weighted by Crippen LogP contribution is 2.27. The number of aliphatic hydroxyl groups is 1. The van der Waals surface area contributed by atoms with E-state index in [1.54, 1.807) is 14.2 Å². The Morgan fingerprint density at radius 2 is 2.15 bits per heavy atom. The van der Waals surface area contributed by atoms with Gasteiger partial charge in [0.25, 0.3) is 0 Å². The molecule has 1 fully saturated rings. The minimum absolute atomic E-state index is 0.0279. The van der Waals surface area contributed by atoms with Crippen molar-refractivity contribution in [3.05, 3.63) is 0 Å². The van der Waals surface area contributed by atoms with Crippen LogP contribution in [0, 0.1) is 5.92 Å². The Labute approximate surface area is 79.6 Å². The number of hydrogen-bond acceptors (Lipinski definition) is 4.